The molecule has 1 unspecified atom stereocenters. The number of ether oxygens (including phenoxy) is 3. The van der Waals surface area contributed by atoms with E-state index in [1.54, 1.807) is 6.92 Å². The normalized spacial score (nSPS) is 11.8. The van der Waals surface area contributed by atoms with Crippen molar-refractivity contribution < 1.29 is 32.2 Å². The lowest BCUT2D eigenvalue weighted by Gasteiger charge is -2.18. The van der Waals surface area contributed by atoms with Gasteiger partial charge < -0.3 is 19.5 Å². The van der Waals surface area contributed by atoms with Crippen LogP contribution in [0.25, 0.3) is 0 Å². The van der Waals surface area contributed by atoms with Crippen LogP contribution in [0, 0.1) is 5.82 Å². The van der Waals surface area contributed by atoms with E-state index in [2.05, 4.69) is 10.1 Å². The monoisotopic (exact) mass is 369 g/mol. The first-order chi connectivity index (χ1) is 12.4. The van der Waals surface area contributed by atoms with Gasteiger partial charge in [0, 0.05) is 11.6 Å². The molecule has 2 aromatic carbocycles. The molecule has 0 heterocycles. The number of alkyl halides is 2. The molecule has 2 aromatic rings. The lowest BCUT2D eigenvalue weighted by Crippen LogP contribution is -2.28. The van der Waals surface area contributed by atoms with Crippen LogP contribution in [0.5, 0.6) is 17.2 Å². The van der Waals surface area contributed by atoms with Gasteiger partial charge in [-0.15, -0.1) is 0 Å². The van der Waals surface area contributed by atoms with Gasteiger partial charge in [-0.3, -0.25) is 4.79 Å². The van der Waals surface area contributed by atoms with Crippen LogP contribution in [0.2, 0.25) is 0 Å². The predicted molar refractivity (Wildman–Crippen MR) is 88.5 cm³/mol. The van der Waals surface area contributed by atoms with Crippen LogP contribution >= 0.6 is 0 Å². The van der Waals surface area contributed by atoms with E-state index in [1.807, 2.05) is 0 Å². The summed E-state index contributed by atoms with van der Waals surface area (Å²) in [6.07, 6.45) is 0. The maximum Gasteiger partial charge on any atom is 0.387 e. The molecule has 0 saturated heterocycles. The Kier molecular flexibility index (Phi) is 6.32. The van der Waals surface area contributed by atoms with E-state index < -0.39 is 24.4 Å². The van der Waals surface area contributed by atoms with Crippen molar-refractivity contribution in [3.05, 3.63) is 53.3 Å². The molecule has 2 rings (SSSR count). The van der Waals surface area contributed by atoms with Crippen LogP contribution < -0.4 is 19.5 Å². The lowest BCUT2D eigenvalue weighted by atomic mass is 10.1. The van der Waals surface area contributed by atoms with Gasteiger partial charge in [-0.1, -0.05) is 12.1 Å². The Hall–Kier alpha value is -2.90. The molecule has 1 atom stereocenters. The smallest absolute Gasteiger partial charge is 0.387 e. The number of benzene rings is 2. The Labute approximate surface area is 148 Å². The second kappa shape index (κ2) is 8.46. The molecule has 8 heteroatoms. The van der Waals surface area contributed by atoms with Crippen molar-refractivity contribution in [2.75, 3.05) is 14.2 Å². The van der Waals surface area contributed by atoms with Gasteiger partial charge in [0.15, 0.2) is 11.5 Å². The van der Waals surface area contributed by atoms with Crippen molar-refractivity contribution in [2.24, 2.45) is 0 Å². The average molecular weight is 369 g/mol. The van der Waals surface area contributed by atoms with Gasteiger partial charge in [-0.05, 0) is 25.1 Å². The summed E-state index contributed by atoms with van der Waals surface area (Å²) in [7, 11) is 2.78. The number of rotatable bonds is 7. The molecule has 0 aliphatic heterocycles. The minimum Gasteiger partial charge on any atom is -0.493 e. The first-order valence-electron chi connectivity index (χ1n) is 7.63. The van der Waals surface area contributed by atoms with Gasteiger partial charge in [0.25, 0.3) is 5.91 Å². The van der Waals surface area contributed by atoms with Crippen molar-refractivity contribution in [1.29, 1.82) is 0 Å². The van der Waals surface area contributed by atoms with Crippen molar-refractivity contribution in [2.45, 2.75) is 19.6 Å². The molecule has 0 aliphatic carbocycles. The minimum absolute atomic E-state index is 0.0828. The lowest BCUT2D eigenvalue weighted by molar-refractivity contribution is -0.0501. The fourth-order valence-corrected chi connectivity index (χ4v) is 2.41. The zero-order valence-electron chi connectivity index (χ0n) is 14.4. The van der Waals surface area contributed by atoms with Crippen molar-refractivity contribution in [3.63, 3.8) is 0 Å². The van der Waals surface area contributed by atoms with E-state index in [0.717, 1.165) is 6.07 Å². The number of amides is 1. The highest BCUT2D eigenvalue weighted by Gasteiger charge is 2.21. The van der Waals surface area contributed by atoms with Crippen molar-refractivity contribution in [1.82, 2.24) is 5.32 Å². The SMILES string of the molecule is COc1cc(F)c(C(C)NC(=O)c2ccccc2OC(F)F)cc1OC. The van der Waals surface area contributed by atoms with Gasteiger partial charge in [0.2, 0.25) is 0 Å². The molecule has 0 saturated carbocycles. The molecule has 1 N–H and O–H groups in total. The van der Waals surface area contributed by atoms with E-state index >= 15 is 0 Å². The predicted octanol–water partition coefficient (Wildman–Crippen LogP) is 3.94. The second-order valence-corrected chi connectivity index (χ2v) is 5.30. The number of para-hydroxylation sites is 1. The summed E-state index contributed by atoms with van der Waals surface area (Å²) >= 11 is 0. The molecule has 5 nitrogen and oxygen atoms in total. The van der Waals surface area contributed by atoms with Crippen LogP contribution in [0.3, 0.4) is 0 Å². The van der Waals surface area contributed by atoms with E-state index in [4.69, 9.17) is 9.47 Å². The Morgan fingerprint density at radius 2 is 1.65 bits per heavy atom. The molecule has 26 heavy (non-hydrogen) atoms. The zero-order valence-corrected chi connectivity index (χ0v) is 14.4. The molecule has 0 aromatic heterocycles. The van der Waals surface area contributed by atoms with Crippen LogP contribution in [-0.2, 0) is 0 Å². The van der Waals surface area contributed by atoms with Crippen LogP contribution in [-0.4, -0.2) is 26.7 Å². The first kappa shape index (κ1) is 19.4. The second-order valence-electron chi connectivity index (χ2n) is 5.30. The third kappa shape index (κ3) is 4.38. The molecular weight excluding hydrogens is 351 g/mol. The maximum atomic E-state index is 14.3. The summed E-state index contributed by atoms with van der Waals surface area (Å²) in [6.45, 7) is -1.51. The zero-order chi connectivity index (χ0) is 19.3. The molecule has 140 valence electrons. The fraction of sp³-hybridized carbons (Fsp3) is 0.278. The average Bonchev–Trinajstić information content (AvgIpc) is 2.61. The summed E-state index contributed by atoms with van der Waals surface area (Å²) in [4.78, 5) is 12.4. The highest BCUT2D eigenvalue weighted by molar-refractivity contribution is 5.97. The Bertz CT molecular complexity index is 783. The first-order valence-corrected chi connectivity index (χ1v) is 7.63. The van der Waals surface area contributed by atoms with Gasteiger partial charge >= 0.3 is 6.61 Å². The summed E-state index contributed by atoms with van der Waals surface area (Å²) in [6, 6.07) is 7.35. The number of halogens is 3. The number of carbonyl (C=O) groups excluding carboxylic acids is 1. The Morgan fingerprint density at radius 3 is 2.27 bits per heavy atom. The fourth-order valence-electron chi connectivity index (χ4n) is 2.41. The number of nitrogens with one attached hydrogen (secondary N) is 1. The number of hydrogen-bond acceptors (Lipinski definition) is 4. The largest absolute Gasteiger partial charge is 0.493 e. The third-order valence-electron chi connectivity index (χ3n) is 3.66. The van der Waals surface area contributed by atoms with E-state index in [0.29, 0.717) is 5.75 Å². The van der Waals surface area contributed by atoms with Crippen molar-refractivity contribution in [3.8, 4) is 17.2 Å². The molecule has 0 fully saturated rings. The summed E-state index contributed by atoms with van der Waals surface area (Å²) in [5.74, 6) is -1.04. The van der Waals surface area contributed by atoms with E-state index in [1.165, 1.54) is 44.6 Å². The number of carbonyl (C=O) groups is 1. The topological polar surface area (TPSA) is 56.8 Å². The van der Waals surface area contributed by atoms with Crippen molar-refractivity contribution >= 4 is 5.91 Å². The molecule has 0 radical (unpaired) electrons. The summed E-state index contributed by atoms with van der Waals surface area (Å²) in [5, 5.41) is 2.56. The van der Waals surface area contributed by atoms with E-state index in [-0.39, 0.29) is 22.6 Å². The quantitative estimate of drug-likeness (QED) is 0.803. The Balaban J connectivity index is 2.25. The summed E-state index contributed by atoms with van der Waals surface area (Å²) < 4.78 is 53.7. The molecular formula is C18H18F3NO4. The van der Waals surface area contributed by atoms with Gasteiger partial charge in [0.05, 0.1) is 25.8 Å². The van der Waals surface area contributed by atoms with Gasteiger partial charge in [-0.2, -0.15) is 8.78 Å². The molecule has 1 amide bonds. The standard InChI is InChI=1S/C18H18F3NO4/c1-10(12-8-15(24-2)16(25-3)9-13(12)19)22-17(23)11-6-4-5-7-14(11)26-18(20)21/h4-10,18H,1-3H3,(H,22,23). The number of hydrogen-bond donors (Lipinski definition) is 1. The minimum atomic E-state index is -3.07. The van der Waals surface area contributed by atoms with Crippen LogP contribution in [0.4, 0.5) is 13.2 Å². The highest BCUT2D eigenvalue weighted by Crippen LogP contribution is 2.32. The van der Waals surface area contributed by atoms with E-state index in [9.17, 15) is 18.0 Å². The Morgan fingerprint density at radius 1 is 1.04 bits per heavy atom. The maximum absolute atomic E-state index is 14.3. The van der Waals surface area contributed by atoms with Crippen LogP contribution in [0.1, 0.15) is 28.9 Å². The molecule has 0 bridgehead atoms. The molecule has 0 aliphatic rings. The molecule has 0 spiro atoms. The van der Waals surface area contributed by atoms with Gasteiger partial charge in [-0.25, -0.2) is 4.39 Å². The summed E-state index contributed by atoms with van der Waals surface area (Å²) in [5.41, 5.74) is 0.0730. The van der Waals surface area contributed by atoms with Gasteiger partial charge in [0.1, 0.15) is 11.6 Å². The highest BCUT2D eigenvalue weighted by atomic mass is 19.3. The third-order valence-corrected chi connectivity index (χ3v) is 3.66. The number of methoxy groups -OCH3 is 2. The van der Waals surface area contributed by atoms with Crippen LogP contribution in [0.15, 0.2) is 36.4 Å².